The molecule has 144 valence electrons. The lowest BCUT2D eigenvalue weighted by atomic mass is 9.96. The van der Waals surface area contributed by atoms with Crippen LogP contribution in [0, 0.1) is 10.1 Å². The minimum Gasteiger partial charge on any atom is -0.464 e. The number of halogens is 1. The van der Waals surface area contributed by atoms with E-state index in [4.69, 9.17) is 9.84 Å². The highest BCUT2D eigenvalue weighted by molar-refractivity contribution is 9.10. The van der Waals surface area contributed by atoms with Crippen LogP contribution in [0.1, 0.15) is 35.4 Å². The minimum absolute atomic E-state index is 0.0339. The lowest BCUT2D eigenvalue weighted by Crippen LogP contribution is -2.33. The number of ether oxygens (including phenoxy) is 1. The number of hydrogen-bond donors (Lipinski definition) is 0. The van der Waals surface area contributed by atoms with Crippen LogP contribution in [-0.4, -0.2) is 15.6 Å². The average molecular weight is 450 g/mol. The van der Waals surface area contributed by atoms with Gasteiger partial charge in [0.15, 0.2) is 0 Å². The van der Waals surface area contributed by atoms with Crippen molar-refractivity contribution in [2.24, 2.45) is 5.10 Å². The number of rotatable bonds is 3. The lowest BCUT2D eigenvalue weighted by molar-refractivity contribution is -0.384. The van der Waals surface area contributed by atoms with Crippen LogP contribution in [0.25, 0.3) is 0 Å². The molecule has 6 nitrogen and oxygen atoms in total. The molecule has 29 heavy (non-hydrogen) atoms. The maximum Gasteiger partial charge on any atom is 0.269 e. The van der Waals surface area contributed by atoms with Gasteiger partial charge in [-0.25, -0.2) is 5.01 Å². The van der Waals surface area contributed by atoms with Crippen molar-refractivity contribution >= 4 is 27.3 Å². The Bertz CT molecular complexity index is 1120. The SMILES string of the molecule is O=[N+]([O-])c1ccc(C2Oc3ccc(Br)cc3C3CC(c4ccccc4)=NN32)cc1. The van der Waals surface area contributed by atoms with E-state index in [0.29, 0.717) is 0 Å². The zero-order valence-electron chi connectivity index (χ0n) is 15.2. The van der Waals surface area contributed by atoms with Crippen LogP contribution in [0.3, 0.4) is 0 Å². The maximum absolute atomic E-state index is 11.0. The molecule has 0 saturated heterocycles. The summed E-state index contributed by atoms with van der Waals surface area (Å²) in [5.41, 5.74) is 4.04. The zero-order chi connectivity index (χ0) is 20.0. The summed E-state index contributed by atoms with van der Waals surface area (Å²) in [6, 6.07) is 22.6. The van der Waals surface area contributed by atoms with E-state index in [-0.39, 0.29) is 11.7 Å². The van der Waals surface area contributed by atoms with Gasteiger partial charge in [0.2, 0.25) is 6.23 Å². The summed E-state index contributed by atoms with van der Waals surface area (Å²) in [7, 11) is 0. The topological polar surface area (TPSA) is 68.0 Å². The molecule has 0 bridgehead atoms. The number of hydrogen-bond acceptors (Lipinski definition) is 5. The Morgan fingerprint density at radius 1 is 1.07 bits per heavy atom. The molecule has 2 unspecified atom stereocenters. The summed E-state index contributed by atoms with van der Waals surface area (Å²) in [4.78, 5) is 10.6. The third-order valence-electron chi connectivity index (χ3n) is 5.25. The van der Waals surface area contributed by atoms with Crippen molar-refractivity contribution in [1.29, 1.82) is 0 Å². The first-order valence-electron chi connectivity index (χ1n) is 9.22. The van der Waals surface area contributed by atoms with Crippen molar-refractivity contribution in [3.63, 3.8) is 0 Å². The van der Waals surface area contributed by atoms with E-state index in [2.05, 4.69) is 34.1 Å². The second kappa shape index (κ2) is 7.00. The first-order valence-corrected chi connectivity index (χ1v) is 10.0. The number of benzene rings is 3. The van der Waals surface area contributed by atoms with Gasteiger partial charge in [-0.1, -0.05) is 46.3 Å². The van der Waals surface area contributed by atoms with Gasteiger partial charge in [-0.05, 0) is 35.9 Å². The third-order valence-corrected chi connectivity index (χ3v) is 5.74. The van der Waals surface area contributed by atoms with E-state index in [1.807, 2.05) is 35.3 Å². The van der Waals surface area contributed by atoms with E-state index in [1.165, 1.54) is 12.1 Å². The number of nitrogens with zero attached hydrogens (tertiary/aromatic N) is 3. The number of nitro groups is 1. The molecule has 0 spiro atoms. The number of non-ortho nitro benzene ring substituents is 1. The first-order chi connectivity index (χ1) is 14.1. The Balaban J connectivity index is 1.58. The number of fused-ring (bicyclic) bond motifs is 3. The normalized spacial score (nSPS) is 19.8. The van der Waals surface area contributed by atoms with E-state index in [0.717, 1.165) is 39.0 Å². The van der Waals surface area contributed by atoms with Gasteiger partial charge in [0.05, 0.1) is 16.7 Å². The van der Waals surface area contributed by atoms with Crippen molar-refractivity contribution in [1.82, 2.24) is 5.01 Å². The Morgan fingerprint density at radius 3 is 2.55 bits per heavy atom. The van der Waals surface area contributed by atoms with Crippen LogP contribution >= 0.6 is 15.9 Å². The fraction of sp³-hybridized carbons (Fsp3) is 0.136. The molecule has 0 amide bonds. The Hall–Kier alpha value is -3.19. The predicted molar refractivity (Wildman–Crippen MR) is 113 cm³/mol. The highest BCUT2D eigenvalue weighted by Gasteiger charge is 2.41. The predicted octanol–water partition coefficient (Wildman–Crippen LogP) is 5.60. The zero-order valence-corrected chi connectivity index (χ0v) is 16.8. The van der Waals surface area contributed by atoms with Crippen LogP contribution < -0.4 is 4.74 Å². The van der Waals surface area contributed by atoms with Crippen molar-refractivity contribution in [2.45, 2.75) is 18.7 Å². The summed E-state index contributed by atoms with van der Waals surface area (Å²) in [6.45, 7) is 0. The second-order valence-corrected chi connectivity index (χ2v) is 7.93. The average Bonchev–Trinajstić information content (AvgIpc) is 3.20. The molecule has 3 aromatic rings. The summed E-state index contributed by atoms with van der Waals surface area (Å²) in [6.07, 6.45) is 0.316. The van der Waals surface area contributed by atoms with Gasteiger partial charge >= 0.3 is 0 Å². The molecule has 2 aliphatic rings. The van der Waals surface area contributed by atoms with Gasteiger partial charge in [-0.15, -0.1) is 0 Å². The fourth-order valence-electron chi connectivity index (χ4n) is 3.84. The second-order valence-electron chi connectivity index (χ2n) is 7.01. The monoisotopic (exact) mass is 449 g/mol. The van der Waals surface area contributed by atoms with Crippen LogP contribution in [0.5, 0.6) is 5.75 Å². The summed E-state index contributed by atoms with van der Waals surface area (Å²) >= 11 is 3.55. The quantitative estimate of drug-likeness (QED) is 0.385. The number of nitro benzene ring substituents is 1. The molecule has 0 aliphatic carbocycles. The summed E-state index contributed by atoms with van der Waals surface area (Å²) < 4.78 is 7.29. The van der Waals surface area contributed by atoms with Crippen molar-refractivity contribution < 1.29 is 9.66 Å². The molecule has 0 radical (unpaired) electrons. The summed E-state index contributed by atoms with van der Waals surface area (Å²) in [5, 5.41) is 17.9. The van der Waals surface area contributed by atoms with Crippen molar-refractivity contribution in [3.8, 4) is 5.75 Å². The molecule has 0 saturated carbocycles. The summed E-state index contributed by atoms with van der Waals surface area (Å²) in [5.74, 6) is 0.808. The largest absolute Gasteiger partial charge is 0.464 e. The molecule has 3 aromatic carbocycles. The third kappa shape index (κ3) is 3.17. The minimum atomic E-state index is -0.448. The molecule has 2 aliphatic heterocycles. The molecule has 2 heterocycles. The van der Waals surface area contributed by atoms with Crippen LogP contribution in [-0.2, 0) is 0 Å². The molecule has 0 fully saturated rings. The van der Waals surface area contributed by atoms with E-state index >= 15 is 0 Å². The molecule has 7 heteroatoms. The van der Waals surface area contributed by atoms with Gasteiger partial charge in [-0.2, -0.15) is 5.10 Å². The molecule has 5 rings (SSSR count). The smallest absolute Gasteiger partial charge is 0.269 e. The van der Waals surface area contributed by atoms with Gasteiger partial charge in [0, 0.05) is 34.2 Å². The van der Waals surface area contributed by atoms with Crippen molar-refractivity contribution in [2.75, 3.05) is 0 Å². The lowest BCUT2D eigenvalue weighted by Gasteiger charge is -2.38. The van der Waals surface area contributed by atoms with Crippen LogP contribution in [0.15, 0.2) is 82.4 Å². The molecular formula is C22H16BrN3O3. The highest BCUT2D eigenvalue weighted by Crippen LogP contribution is 2.48. The first kappa shape index (κ1) is 17.9. The van der Waals surface area contributed by atoms with Gasteiger partial charge in [0.25, 0.3) is 5.69 Å². The Labute approximate surface area is 175 Å². The highest BCUT2D eigenvalue weighted by atomic mass is 79.9. The van der Waals surface area contributed by atoms with Gasteiger partial charge in [0.1, 0.15) is 5.75 Å². The van der Waals surface area contributed by atoms with E-state index in [9.17, 15) is 10.1 Å². The van der Waals surface area contributed by atoms with Gasteiger partial charge in [-0.3, -0.25) is 10.1 Å². The van der Waals surface area contributed by atoms with Gasteiger partial charge < -0.3 is 4.74 Å². The van der Waals surface area contributed by atoms with E-state index < -0.39 is 11.2 Å². The standard InChI is InChI=1S/C22H16BrN3O3/c23-16-8-11-21-18(12-16)20-13-19(14-4-2-1-3-5-14)24-25(20)22(29-21)15-6-9-17(10-7-15)26(27)28/h1-12,20,22H,13H2. The molecule has 0 N–H and O–H groups in total. The molecule has 0 aromatic heterocycles. The van der Waals surface area contributed by atoms with Crippen LogP contribution in [0.2, 0.25) is 0 Å². The van der Waals surface area contributed by atoms with Crippen molar-refractivity contribution in [3.05, 3.63) is 104 Å². The Kier molecular flexibility index (Phi) is 4.32. The fourth-order valence-corrected chi connectivity index (χ4v) is 4.22. The van der Waals surface area contributed by atoms with Crippen LogP contribution in [0.4, 0.5) is 5.69 Å². The molecular weight excluding hydrogens is 434 g/mol. The molecule has 2 atom stereocenters. The Morgan fingerprint density at radius 2 is 1.83 bits per heavy atom. The maximum atomic E-state index is 11.0. The van der Waals surface area contributed by atoms with E-state index in [1.54, 1.807) is 12.1 Å². The number of hydrazone groups is 1.